The Labute approximate surface area is 105 Å². The van der Waals surface area contributed by atoms with Crippen LogP contribution in [0.1, 0.15) is 15.9 Å². The van der Waals surface area contributed by atoms with Crippen LogP contribution >= 0.6 is 0 Å². The number of ether oxygens (including phenoxy) is 1. The minimum atomic E-state index is -0.420. The van der Waals surface area contributed by atoms with Gasteiger partial charge < -0.3 is 4.74 Å². The maximum atomic E-state index is 13.0. The monoisotopic (exact) mass is 244 g/mol. The zero-order chi connectivity index (χ0) is 13.0. The van der Waals surface area contributed by atoms with Gasteiger partial charge in [0.2, 0.25) is 0 Å². The normalized spacial score (nSPS) is 10.1. The lowest BCUT2D eigenvalue weighted by atomic mass is 10.1. The third-order valence-corrected chi connectivity index (χ3v) is 2.51. The topological polar surface area (TPSA) is 26.3 Å². The quantitative estimate of drug-likeness (QED) is 0.770. The van der Waals surface area contributed by atoms with Gasteiger partial charge in [0.1, 0.15) is 11.6 Å². The Bertz CT molecular complexity index is 564. The van der Waals surface area contributed by atoms with E-state index < -0.39 is 5.82 Å². The van der Waals surface area contributed by atoms with Crippen LogP contribution in [0.4, 0.5) is 4.39 Å². The smallest absolute Gasteiger partial charge is 0.200 e. The zero-order valence-corrected chi connectivity index (χ0v) is 10.0. The number of carbonyl (C=O) groups excluding carboxylic acids is 1. The SMILES string of the molecule is Cc1cccc(OCC(=O)c2cccc(F)c2)c1. The largest absolute Gasteiger partial charge is 0.485 e. The van der Waals surface area contributed by atoms with Crippen molar-refractivity contribution in [3.8, 4) is 5.75 Å². The van der Waals surface area contributed by atoms with Crippen LogP contribution in [0, 0.1) is 12.7 Å². The van der Waals surface area contributed by atoms with Gasteiger partial charge in [-0.05, 0) is 36.8 Å². The van der Waals surface area contributed by atoms with Crippen molar-refractivity contribution >= 4 is 5.78 Å². The predicted octanol–water partition coefficient (Wildman–Crippen LogP) is 3.40. The van der Waals surface area contributed by atoms with Crippen LogP contribution in [0.3, 0.4) is 0 Å². The second kappa shape index (κ2) is 5.45. The van der Waals surface area contributed by atoms with Gasteiger partial charge in [-0.3, -0.25) is 4.79 Å². The van der Waals surface area contributed by atoms with Gasteiger partial charge in [-0.2, -0.15) is 0 Å². The van der Waals surface area contributed by atoms with Crippen LogP contribution in [0.25, 0.3) is 0 Å². The van der Waals surface area contributed by atoms with E-state index in [2.05, 4.69) is 0 Å². The summed E-state index contributed by atoms with van der Waals surface area (Å²) in [5, 5.41) is 0. The van der Waals surface area contributed by atoms with E-state index in [1.165, 1.54) is 18.2 Å². The zero-order valence-electron chi connectivity index (χ0n) is 10.0. The van der Waals surface area contributed by atoms with Gasteiger partial charge in [0.05, 0.1) is 0 Å². The Morgan fingerprint density at radius 2 is 1.94 bits per heavy atom. The number of hydrogen-bond acceptors (Lipinski definition) is 2. The first-order valence-electron chi connectivity index (χ1n) is 5.63. The highest BCUT2D eigenvalue weighted by Gasteiger charge is 2.07. The van der Waals surface area contributed by atoms with Crippen LogP contribution in [0.5, 0.6) is 5.75 Å². The number of Topliss-reactive ketones (excluding diaryl/α,β-unsaturated/α-hetero) is 1. The van der Waals surface area contributed by atoms with Crippen molar-refractivity contribution in [2.45, 2.75) is 6.92 Å². The Kier molecular flexibility index (Phi) is 3.72. The molecule has 0 aromatic heterocycles. The van der Waals surface area contributed by atoms with Gasteiger partial charge >= 0.3 is 0 Å². The molecule has 3 heteroatoms. The number of aryl methyl sites for hydroxylation is 1. The van der Waals surface area contributed by atoms with Gasteiger partial charge in [0.25, 0.3) is 0 Å². The van der Waals surface area contributed by atoms with Crippen molar-refractivity contribution in [2.75, 3.05) is 6.61 Å². The van der Waals surface area contributed by atoms with E-state index in [9.17, 15) is 9.18 Å². The number of carbonyl (C=O) groups is 1. The lowest BCUT2D eigenvalue weighted by Gasteiger charge is -2.06. The first kappa shape index (κ1) is 12.3. The molecule has 0 aliphatic heterocycles. The summed E-state index contributed by atoms with van der Waals surface area (Å²) in [6, 6.07) is 13.0. The van der Waals surface area contributed by atoms with E-state index in [0.29, 0.717) is 11.3 Å². The van der Waals surface area contributed by atoms with E-state index in [1.807, 2.05) is 25.1 Å². The lowest BCUT2D eigenvalue weighted by molar-refractivity contribution is 0.0921. The summed E-state index contributed by atoms with van der Waals surface area (Å²) in [4.78, 5) is 11.8. The van der Waals surface area contributed by atoms with Crippen molar-refractivity contribution in [3.63, 3.8) is 0 Å². The molecule has 2 nitrogen and oxygen atoms in total. The molecule has 18 heavy (non-hydrogen) atoms. The molecule has 0 aliphatic carbocycles. The molecule has 0 saturated heterocycles. The highest BCUT2D eigenvalue weighted by atomic mass is 19.1. The van der Waals surface area contributed by atoms with Crippen LogP contribution < -0.4 is 4.74 Å². The summed E-state index contributed by atoms with van der Waals surface area (Å²) in [6.07, 6.45) is 0. The fourth-order valence-corrected chi connectivity index (χ4v) is 1.60. The minimum Gasteiger partial charge on any atom is -0.485 e. The number of benzene rings is 2. The maximum Gasteiger partial charge on any atom is 0.200 e. The van der Waals surface area contributed by atoms with E-state index in [-0.39, 0.29) is 12.4 Å². The van der Waals surface area contributed by atoms with E-state index in [0.717, 1.165) is 5.56 Å². The molecule has 2 aromatic rings. The van der Waals surface area contributed by atoms with Gasteiger partial charge in [0, 0.05) is 5.56 Å². The molecule has 0 bridgehead atoms. The van der Waals surface area contributed by atoms with Gasteiger partial charge in [0.15, 0.2) is 12.4 Å². The van der Waals surface area contributed by atoms with E-state index in [4.69, 9.17) is 4.74 Å². The third-order valence-electron chi connectivity index (χ3n) is 2.51. The molecule has 2 rings (SSSR count). The molecule has 0 saturated carbocycles. The molecule has 0 radical (unpaired) electrons. The molecular weight excluding hydrogens is 231 g/mol. The Hall–Kier alpha value is -2.16. The molecule has 0 atom stereocenters. The molecule has 0 aliphatic rings. The van der Waals surface area contributed by atoms with Crippen LogP contribution in [0.2, 0.25) is 0 Å². The molecule has 92 valence electrons. The maximum absolute atomic E-state index is 13.0. The number of rotatable bonds is 4. The van der Waals surface area contributed by atoms with Crippen molar-refractivity contribution in [1.82, 2.24) is 0 Å². The minimum absolute atomic E-state index is 0.0904. The van der Waals surface area contributed by atoms with Crippen molar-refractivity contribution < 1.29 is 13.9 Å². The molecular formula is C15H13FO2. The molecule has 2 aromatic carbocycles. The fraction of sp³-hybridized carbons (Fsp3) is 0.133. The molecule has 0 fully saturated rings. The van der Waals surface area contributed by atoms with Crippen LogP contribution in [-0.2, 0) is 0 Å². The summed E-state index contributed by atoms with van der Waals surface area (Å²) in [5.74, 6) is -0.0211. The standard InChI is InChI=1S/C15H13FO2/c1-11-4-2-7-14(8-11)18-10-15(17)12-5-3-6-13(16)9-12/h2-9H,10H2,1H3. The number of ketones is 1. The van der Waals surface area contributed by atoms with Gasteiger partial charge in [-0.25, -0.2) is 4.39 Å². The van der Waals surface area contributed by atoms with E-state index in [1.54, 1.807) is 12.1 Å². The Balaban J connectivity index is 2.00. The van der Waals surface area contributed by atoms with Crippen molar-refractivity contribution in [3.05, 3.63) is 65.5 Å². The van der Waals surface area contributed by atoms with Gasteiger partial charge in [-0.15, -0.1) is 0 Å². The third kappa shape index (κ3) is 3.17. The van der Waals surface area contributed by atoms with Crippen LogP contribution in [-0.4, -0.2) is 12.4 Å². The highest BCUT2D eigenvalue weighted by Crippen LogP contribution is 2.13. The highest BCUT2D eigenvalue weighted by molar-refractivity contribution is 5.97. The lowest BCUT2D eigenvalue weighted by Crippen LogP contribution is -2.11. The van der Waals surface area contributed by atoms with Crippen molar-refractivity contribution in [2.24, 2.45) is 0 Å². The van der Waals surface area contributed by atoms with E-state index >= 15 is 0 Å². The second-order valence-corrected chi connectivity index (χ2v) is 4.04. The van der Waals surface area contributed by atoms with Gasteiger partial charge in [-0.1, -0.05) is 24.3 Å². The molecule has 0 spiro atoms. The summed E-state index contributed by atoms with van der Waals surface area (Å²) in [5.41, 5.74) is 1.38. The first-order chi connectivity index (χ1) is 8.65. The molecule has 0 heterocycles. The Morgan fingerprint density at radius 1 is 1.17 bits per heavy atom. The fourth-order valence-electron chi connectivity index (χ4n) is 1.60. The Morgan fingerprint density at radius 3 is 2.67 bits per heavy atom. The molecule has 0 unspecified atom stereocenters. The van der Waals surface area contributed by atoms with Crippen molar-refractivity contribution in [1.29, 1.82) is 0 Å². The molecule has 0 N–H and O–H groups in total. The average molecular weight is 244 g/mol. The van der Waals surface area contributed by atoms with Crippen LogP contribution in [0.15, 0.2) is 48.5 Å². The second-order valence-electron chi connectivity index (χ2n) is 4.04. The summed E-state index contributed by atoms with van der Waals surface area (Å²) in [6.45, 7) is 1.86. The number of hydrogen-bond donors (Lipinski definition) is 0. The molecule has 0 amide bonds. The first-order valence-corrected chi connectivity index (χ1v) is 5.63. The summed E-state index contributed by atoms with van der Waals surface area (Å²) < 4.78 is 18.3. The summed E-state index contributed by atoms with van der Waals surface area (Å²) >= 11 is 0. The number of halogens is 1. The predicted molar refractivity (Wildman–Crippen MR) is 67.4 cm³/mol. The average Bonchev–Trinajstić information content (AvgIpc) is 2.36. The summed E-state index contributed by atoms with van der Waals surface area (Å²) in [7, 11) is 0.